The highest BCUT2D eigenvalue weighted by molar-refractivity contribution is 5.27. The molecule has 0 aliphatic heterocycles. The summed E-state index contributed by atoms with van der Waals surface area (Å²) in [6.07, 6.45) is 0.348. The van der Waals surface area contributed by atoms with Gasteiger partial charge in [-0.15, -0.1) is 0 Å². The third-order valence-corrected chi connectivity index (χ3v) is 1.78. The third-order valence-electron chi connectivity index (χ3n) is 1.78. The van der Waals surface area contributed by atoms with Crippen LogP contribution in [0.4, 0.5) is 0 Å². The fourth-order valence-electron chi connectivity index (χ4n) is 1.03. The molecule has 0 aliphatic rings. The van der Waals surface area contributed by atoms with E-state index >= 15 is 0 Å². The Kier molecular flexibility index (Phi) is 1.67. The molecule has 13 heavy (non-hydrogen) atoms. The van der Waals surface area contributed by atoms with E-state index in [4.69, 9.17) is 13.0 Å². The molecule has 2 heteroatoms. The van der Waals surface area contributed by atoms with E-state index in [1.807, 2.05) is 0 Å². The van der Waals surface area contributed by atoms with Gasteiger partial charge in [0.05, 0.1) is 7.11 Å². The monoisotopic (exact) mass is 185 g/mol. The number of nitrogens with zero attached hydrogens (tertiary/aromatic N) is 1. The van der Waals surface area contributed by atoms with Crippen molar-refractivity contribution in [2.24, 2.45) is 0 Å². The molecule has 0 amide bonds. The molecule has 0 N–H and O–H groups in total. The van der Waals surface area contributed by atoms with Gasteiger partial charge in [-0.3, -0.25) is 0 Å². The van der Waals surface area contributed by atoms with E-state index in [0.717, 1.165) is 5.56 Å². The van der Waals surface area contributed by atoms with Gasteiger partial charge >= 0.3 is 0 Å². The summed E-state index contributed by atoms with van der Waals surface area (Å²) in [4.78, 5) is 0.560. The van der Waals surface area contributed by atoms with Crippen LogP contribution in [0.25, 0.3) is 0 Å². The van der Waals surface area contributed by atoms with E-state index in [1.54, 1.807) is 31.4 Å². The van der Waals surface area contributed by atoms with Crippen molar-refractivity contribution in [3.63, 3.8) is 0 Å². The molecule has 0 heterocycles. The Labute approximate surface area is 88.6 Å². The van der Waals surface area contributed by atoms with Gasteiger partial charge in [0.25, 0.3) is 0 Å². The quantitative estimate of drug-likeness (QED) is 0.709. The van der Waals surface area contributed by atoms with Crippen LogP contribution in [0.15, 0.2) is 24.3 Å². The van der Waals surface area contributed by atoms with Gasteiger partial charge in [0.2, 0.25) is 0 Å². The topological polar surface area (TPSA) is 12.5 Å². The largest absolute Gasteiger partial charge is 0.497 e. The summed E-state index contributed by atoms with van der Waals surface area (Å²) < 4.78 is 48.5. The van der Waals surface area contributed by atoms with Gasteiger partial charge < -0.3 is 9.64 Å². The second-order valence-corrected chi connectivity index (χ2v) is 2.75. The molecule has 2 nitrogen and oxygen atoms in total. The first-order valence-electron chi connectivity index (χ1n) is 7.05. The highest BCUT2D eigenvalue weighted by Gasteiger charge is 1.95. The fourth-order valence-corrected chi connectivity index (χ4v) is 1.03. The van der Waals surface area contributed by atoms with Gasteiger partial charge in [0.15, 0.2) is 0 Å². The lowest BCUT2D eigenvalue weighted by Gasteiger charge is -2.09. The maximum atomic E-state index is 7.25. The molecule has 1 aromatic rings. The highest BCUT2D eigenvalue weighted by atomic mass is 16.5. The van der Waals surface area contributed by atoms with Gasteiger partial charge in [-0.25, -0.2) is 0 Å². The van der Waals surface area contributed by atoms with Crippen molar-refractivity contribution in [2.75, 3.05) is 27.6 Å². The van der Waals surface area contributed by atoms with Gasteiger partial charge in [-0.2, -0.15) is 0 Å². The van der Waals surface area contributed by atoms with E-state index in [9.17, 15) is 0 Å². The average molecular weight is 185 g/mol. The van der Waals surface area contributed by atoms with Crippen LogP contribution in [0.5, 0.6) is 5.75 Å². The Morgan fingerprint density at radius 2 is 2.00 bits per heavy atom. The maximum absolute atomic E-state index is 7.25. The molecule has 1 rings (SSSR count). The lowest BCUT2D eigenvalue weighted by molar-refractivity contribution is 0.410. The molecule has 0 saturated heterocycles. The van der Waals surface area contributed by atoms with Crippen LogP contribution in [0, 0.1) is 0 Å². The van der Waals surface area contributed by atoms with Crippen LogP contribution >= 0.6 is 0 Å². The summed E-state index contributed by atoms with van der Waals surface area (Å²) in [6, 6.07) is 7.08. The molecular formula is C11H17NO. The Balaban J connectivity index is 2.71. The van der Waals surface area contributed by atoms with Crippen LogP contribution in [0.2, 0.25) is 0 Å². The minimum absolute atomic E-state index is 0.0562. The van der Waals surface area contributed by atoms with Crippen molar-refractivity contribution in [1.29, 1.82) is 0 Å². The number of ether oxygens (including phenoxy) is 1. The second-order valence-electron chi connectivity index (χ2n) is 2.75. The molecule has 0 fully saturated rings. The molecular weight excluding hydrogens is 162 g/mol. The van der Waals surface area contributed by atoms with Crippen LogP contribution in [-0.2, 0) is 6.42 Å². The third kappa shape index (κ3) is 3.47. The summed E-state index contributed by atoms with van der Waals surface area (Å²) in [5, 5.41) is 0. The van der Waals surface area contributed by atoms with E-state index in [0.29, 0.717) is 17.1 Å². The number of hydrogen-bond donors (Lipinski definition) is 0. The molecule has 0 atom stereocenters. The summed E-state index contributed by atoms with van der Waals surface area (Å²) in [5.41, 5.74) is 0.860. The van der Waals surface area contributed by atoms with Crippen molar-refractivity contribution >= 4 is 0 Å². The van der Waals surface area contributed by atoms with E-state index < -0.39 is 14.0 Å². The molecule has 0 radical (unpaired) electrons. The number of rotatable bonds is 4. The van der Waals surface area contributed by atoms with Gasteiger partial charge in [-0.05, 0) is 38.1 Å². The molecule has 0 saturated carbocycles. The van der Waals surface area contributed by atoms with Crippen molar-refractivity contribution < 1.29 is 13.0 Å². The lowest BCUT2D eigenvalue weighted by Crippen LogP contribution is -2.14. The van der Waals surface area contributed by atoms with Crippen LogP contribution in [0.1, 0.15) is 13.8 Å². The predicted octanol–water partition coefficient (Wildman–Crippen LogP) is 1.80. The first-order chi connectivity index (χ1) is 8.64. The molecule has 0 aliphatic carbocycles. The Hall–Kier alpha value is -1.02. The number of likely N-dealkylation sites (N-methyl/N-ethyl adjacent to an activating group) is 1. The van der Waals surface area contributed by atoms with Crippen LogP contribution < -0.4 is 4.74 Å². The van der Waals surface area contributed by atoms with Crippen LogP contribution in [0.3, 0.4) is 0 Å². The number of benzene rings is 1. The molecule has 0 bridgehead atoms. The maximum Gasteiger partial charge on any atom is 0.118 e. The first kappa shape index (κ1) is 4.47. The first-order valence-corrected chi connectivity index (χ1v) is 4.05. The highest BCUT2D eigenvalue weighted by Crippen LogP contribution is 2.11. The standard InChI is InChI=1S/C11H17NO/c1-12(2)9-8-10-4-6-11(13-3)7-5-10/h4-7H,8-9H2,1-3H3/i1D3,2D3. The second kappa shape index (κ2) is 4.87. The van der Waals surface area contributed by atoms with Crippen molar-refractivity contribution in [3.05, 3.63) is 29.8 Å². The summed E-state index contributed by atoms with van der Waals surface area (Å²) in [7, 11) is 1.56. The van der Waals surface area contributed by atoms with Gasteiger partial charge in [0, 0.05) is 14.8 Å². The van der Waals surface area contributed by atoms with Crippen molar-refractivity contribution in [2.45, 2.75) is 6.42 Å². The Morgan fingerprint density at radius 1 is 1.31 bits per heavy atom. The van der Waals surface area contributed by atoms with Gasteiger partial charge in [-0.1, -0.05) is 12.1 Å². The normalized spacial score (nSPS) is 19.2. The smallest absolute Gasteiger partial charge is 0.118 e. The molecule has 0 aromatic heterocycles. The summed E-state index contributed by atoms with van der Waals surface area (Å²) >= 11 is 0. The number of hydrogen-bond acceptors (Lipinski definition) is 2. The van der Waals surface area contributed by atoms with E-state index in [1.165, 1.54) is 0 Å². The Bertz CT molecular complexity index is 383. The molecule has 1 aromatic carbocycles. The summed E-state index contributed by atoms with van der Waals surface area (Å²) in [5.74, 6) is 0.701. The molecule has 0 spiro atoms. The predicted molar refractivity (Wildman–Crippen MR) is 55.3 cm³/mol. The average Bonchev–Trinajstić information content (AvgIpc) is 2.26. The lowest BCUT2D eigenvalue weighted by atomic mass is 10.1. The van der Waals surface area contributed by atoms with Crippen molar-refractivity contribution in [3.8, 4) is 5.75 Å². The van der Waals surface area contributed by atoms with Gasteiger partial charge in [0.1, 0.15) is 5.75 Å². The minimum Gasteiger partial charge on any atom is -0.497 e. The zero-order chi connectivity index (χ0) is 14.7. The van der Waals surface area contributed by atoms with E-state index in [-0.39, 0.29) is 6.54 Å². The van der Waals surface area contributed by atoms with Crippen molar-refractivity contribution in [1.82, 2.24) is 4.90 Å². The minimum atomic E-state index is -2.63. The summed E-state index contributed by atoms with van der Waals surface area (Å²) in [6.45, 7) is -5.31. The zero-order valence-corrected chi connectivity index (χ0v) is 7.58. The Morgan fingerprint density at radius 3 is 2.54 bits per heavy atom. The SMILES string of the molecule is [2H]C([2H])([2H])N(CCc1ccc(OC)cc1)C([2H])([2H])[2H]. The fraction of sp³-hybridized carbons (Fsp3) is 0.455. The molecule has 72 valence electrons. The zero-order valence-electron chi connectivity index (χ0n) is 13.6. The molecule has 0 unspecified atom stereocenters. The van der Waals surface area contributed by atoms with E-state index in [2.05, 4.69) is 0 Å². The number of methoxy groups -OCH3 is 1. The van der Waals surface area contributed by atoms with Crippen LogP contribution in [-0.4, -0.2) is 32.5 Å².